The van der Waals surface area contributed by atoms with Gasteiger partial charge in [-0.3, -0.25) is 9.97 Å². The molecule has 138 valence electrons. The van der Waals surface area contributed by atoms with Crippen LogP contribution in [0.15, 0.2) is 55.1 Å². The van der Waals surface area contributed by atoms with Crippen molar-refractivity contribution in [3.8, 4) is 22.6 Å². The van der Waals surface area contributed by atoms with Gasteiger partial charge in [-0.2, -0.15) is 0 Å². The summed E-state index contributed by atoms with van der Waals surface area (Å²) in [5.74, 6) is 0. The number of hydrogen-bond donors (Lipinski definition) is 0. The molecule has 0 unspecified atom stereocenters. The van der Waals surface area contributed by atoms with Crippen LogP contribution >= 0.6 is 0 Å². The summed E-state index contributed by atoms with van der Waals surface area (Å²) in [6, 6.07) is 13.3. The minimum absolute atomic E-state index is 0.880. The van der Waals surface area contributed by atoms with Crippen molar-refractivity contribution in [2.45, 2.75) is 32.5 Å². The maximum absolute atomic E-state index is 4.72. The minimum Gasteiger partial charge on any atom is -0.257 e. The fourth-order valence-electron chi connectivity index (χ4n) is 4.16. The molecule has 5 rings (SSSR count). The predicted molar refractivity (Wildman–Crippen MR) is 116 cm³/mol. The van der Waals surface area contributed by atoms with Crippen LogP contribution in [0.3, 0.4) is 0 Å². The topological polar surface area (TPSA) is 51.6 Å². The van der Waals surface area contributed by atoms with Crippen LogP contribution in [0.1, 0.15) is 11.3 Å². The van der Waals surface area contributed by atoms with Crippen LogP contribution < -0.4 is 5.19 Å². The van der Waals surface area contributed by atoms with Crippen LogP contribution in [-0.2, 0) is 12.8 Å². The van der Waals surface area contributed by atoms with Crippen LogP contribution in [0, 0.1) is 0 Å². The maximum atomic E-state index is 4.72. The standard InChI is InChI=1S/C23H22N4Si/c1-28(2,3)20-13-16(12-15-6-4-5-7-17(15)20)21-18-8-9-19-23(25-11-10-24-19)22(18)27-14-26-21/h4-7,10-14H,8-9H2,1-3H3. The summed E-state index contributed by atoms with van der Waals surface area (Å²) in [5, 5.41) is 4.12. The maximum Gasteiger partial charge on any atom is 0.116 e. The molecular weight excluding hydrogens is 360 g/mol. The second kappa shape index (κ2) is 6.31. The van der Waals surface area contributed by atoms with E-state index in [0.717, 1.165) is 35.6 Å². The molecule has 0 bridgehead atoms. The molecule has 4 aromatic rings. The van der Waals surface area contributed by atoms with E-state index >= 15 is 0 Å². The van der Waals surface area contributed by atoms with E-state index in [0.29, 0.717) is 0 Å². The highest BCUT2D eigenvalue weighted by Gasteiger charge is 2.25. The van der Waals surface area contributed by atoms with E-state index in [-0.39, 0.29) is 0 Å². The number of aryl methyl sites for hydroxylation is 1. The number of hydrogen-bond acceptors (Lipinski definition) is 4. The molecule has 0 amide bonds. The Hall–Kier alpha value is -2.92. The first-order valence-electron chi connectivity index (χ1n) is 9.70. The highest BCUT2D eigenvalue weighted by molar-refractivity contribution is 6.90. The first-order valence-corrected chi connectivity index (χ1v) is 13.2. The van der Waals surface area contributed by atoms with Crippen molar-refractivity contribution in [3.63, 3.8) is 0 Å². The van der Waals surface area contributed by atoms with Gasteiger partial charge in [0.25, 0.3) is 0 Å². The van der Waals surface area contributed by atoms with E-state index in [1.807, 2.05) is 0 Å². The van der Waals surface area contributed by atoms with Gasteiger partial charge in [-0.25, -0.2) is 9.97 Å². The summed E-state index contributed by atoms with van der Waals surface area (Å²) in [6.45, 7) is 7.21. The number of fused-ring (bicyclic) bond motifs is 4. The monoisotopic (exact) mass is 382 g/mol. The second-order valence-corrected chi connectivity index (χ2v) is 13.4. The van der Waals surface area contributed by atoms with Crippen LogP contribution in [0.2, 0.25) is 19.6 Å². The molecule has 0 saturated heterocycles. The highest BCUT2D eigenvalue weighted by Crippen LogP contribution is 2.35. The molecule has 2 heterocycles. The van der Waals surface area contributed by atoms with Crippen molar-refractivity contribution < 1.29 is 0 Å². The van der Waals surface area contributed by atoms with Crippen molar-refractivity contribution in [2.24, 2.45) is 0 Å². The molecule has 0 atom stereocenters. The van der Waals surface area contributed by atoms with Crippen molar-refractivity contribution in [1.82, 2.24) is 19.9 Å². The smallest absolute Gasteiger partial charge is 0.116 e. The van der Waals surface area contributed by atoms with Gasteiger partial charge in [-0.1, -0.05) is 55.2 Å². The van der Waals surface area contributed by atoms with E-state index < -0.39 is 8.07 Å². The Balaban J connectivity index is 1.77. The number of benzene rings is 2. The highest BCUT2D eigenvalue weighted by atomic mass is 28.3. The number of aromatic nitrogens is 4. The third kappa shape index (κ3) is 2.74. The van der Waals surface area contributed by atoms with Gasteiger partial charge in [0.05, 0.1) is 25.2 Å². The third-order valence-corrected chi connectivity index (χ3v) is 7.53. The summed E-state index contributed by atoms with van der Waals surface area (Å²) in [4.78, 5) is 18.3. The Morgan fingerprint density at radius 1 is 0.786 bits per heavy atom. The summed E-state index contributed by atoms with van der Waals surface area (Å²) >= 11 is 0. The van der Waals surface area contributed by atoms with Gasteiger partial charge in [0.2, 0.25) is 0 Å². The normalized spacial score (nSPS) is 13.2. The summed E-state index contributed by atoms with van der Waals surface area (Å²) in [6.07, 6.45) is 6.95. The summed E-state index contributed by atoms with van der Waals surface area (Å²) in [7, 11) is -1.52. The van der Waals surface area contributed by atoms with Crippen molar-refractivity contribution in [1.29, 1.82) is 0 Å². The van der Waals surface area contributed by atoms with Gasteiger partial charge in [0, 0.05) is 23.5 Å². The van der Waals surface area contributed by atoms with Gasteiger partial charge >= 0.3 is 0 Å². The molecule has 2 aromatic heterocycles. The van der Waals surface area contributed by atoms with E-state index in [2.05, 4.69) is 71.0 Å². The molecular formula is C23H22N4Si. The Labute approximate surface area is 165 Å². The van der Waals surface area contributed by atoms with Crippen molar-refractivity contribution >= 4 is 24.0 Å². The Morgan fingerprint density at radius 3 is 2.43 bits per heavy atom. The lowest BCUT2D eigenvalue weighted by Crippen LogP contribution is -2.38. The Bertz CT molecular complexity index is 1210. The van der Waals surface area contributed by atoms with E-state index in [1.165, 1.54) is 27.1 Å². The van der Waals surface area contributed by atoms with Gasteiger partial charge < -0.3 is 0 Å². The molecule has 0 saturated carbocycles. The molecule has 1 aliphatic rings. The Kier molecular flexibility index (Phi) is 3.87. The lowest BCUT2D eigenvalue weighted by atomic mass is 9.91. The summed E-state index contributed by atoms with van der Waals surface area (Å²) in [5.41, 5.74) is 6.27. The predicted octanol–water partition coefficient (Wildman–Crippen LogP) is 4.40. The molecule has 5 heteroatoms. The lowest BCUT2D eigenvalue weighted by Gasteiger charge is -2.23. The SMILES string of the molecule is C[Si](C)(C)c1cc(-c2ncnc3c2CCc2nccnc2-3)cc2ccccc12. The molecule has 0 spiro atoms. The average Bonchev–Trinajstić information content (AvgIpc) is 2.71. The molecule has 0 fully saturated rings. The second-order valence-electron chi connectivity index (χ2n) is 8.40. The Morgan fingerprint density at radius 2 is 1.57 bits per heavy atom. The molecule has 2 aromatic carbocycles. The molecule has 0 N–H and O–H groups in total. The summed E-state index contributed by atoms with van der Waals surface area (Å²) < 4.78 is 0. The zero-order chi connectivity index (χ0) is 19.3. The van der Waals surface area contributed by atoms with Crippen LogP contribution in [0.4, 0.5) is 0 Å². The van der Waals surface area contributed by atoms with Crippen molar-refractivity contribution in [2.75, 3.05) is 0 Å². The number of nitrogens with zero attached hydrogens (tertiary/aromatic N) is 4. The van der Waals surface area contributed by atoms with Crippen LogP contribution in [0.25, 0.3) is 33.4 Å². The van der Waals surface area contributed by atoms with Gasteiger partial charge in [0.1, 0.15) is 12.0 Å². The largest absolute Gasteiger partial charge is 0.257 e. The average molecular weight is 383 g/mol. The minimum atomic E-state index is -1.52. The van der Waals surface area contributed by atoms with Crippen molar-refractivity contribution in [3.05, 3.63) is 66.4 Å². The number of rotatable bonds is 2. The fourth-order valence-corrected chi connectivity index (χ4v) is 5.78. The molecule has 28 heavy (non-hydrogen) atoms. The molecule has 0 aliphatic heterocycles. The third-order valence-electron chi connectivity index (χ3n) is 5.50. The first-order chi connectivity index (χ1) is 13.5. The van der Waals surface area contributed by atoms with E-state index in [9.17, 15) is 0 Å². The molecule has 0 radical (unpaired) electrons. The molecule has 1 aliphatic carbocycles. The molecule has 4 nitrogen and oxygen atoms in total. The van der Waals surface area contributed by atoms with E-state index in [1.54, 1.807) is 18.7 Å². The lowest BCUT2D eigenvalue weighted by molar-refractivity contribution is 0.859. The van der Waals surface area contributed by atoms with Gasteiger partial charge in [0.15, 0.2) is 0 Å². The zero-order valence-corrected chi connectivity index (χ0v) is 17.4. The van der Waals surface area contributed by atoms with Gasteiger partial charge in [-0.15, -0.1) is 0 Å². The van der Waals surface area contributed by atoms with E-state index in [4.69, 9.17) is 4.98 Å². The van der Waals surface area contributed by atoms with Crippen LogP contribution in [-0.4, -0.2) is 28.0 Å². The first kappa shape index (κ1) is 17.2. The van der Waals surface area contributed by atoms with Crippen LogP contribution in [0.5, 0.6) is 0 Å². The fraction of sp³-hybridized carbons (Fsp3) is 0.217. The van der Waals surface area contributed by atoms with Gasteiger partial charge in [-0.05, 0) is 29.7 Å². The zero-order valence-electron chi connectivity index (χ0n) is 16.4. The quantitative estimate of drug-likeness (QED) is 0.482.